The topological polar surface area (TPSA) is 38.3 Å². The van der Waals surface area contributed by atoms with E-state index < -0.39 is 30.5 Å². The van der Waals surface area contributed by atoms with Crippen LogP contribution in [0, 0.1) is 5.82 Å². The fraction of sp³-hybridized carbons (Fsp3) is 0.300. The third-order valence-electron chi connectivity index (χ3n) is 2.36. The van der Waals surface area contributed by atoms with E-state index in [0.717, 1.165) is 18.2 Å². The van der Waals surface area contributed by atoms with Crippen LogP contribution < -0.4 is 5.32 Å². The van der Waals surface area contributed by atoms with Crippen LogP contribution in [-0.2, 0) is 4.74 Å². The average Bonchev–Trinajstić information content (AvgIpc) is 2.26. The third kappa shape index (κ3) is 2.81. The summed E-state index contributed by atoms with van der Waals surface area (Å²) in [5.74, 6) is -3.98. The van der Waals surface area contributed by atoms with Crippen molar-refractivity contribution in [1.82, 2.24) is 5.32 Å². The van der Waals surface area contributed by atoms with E-state index in [1.807, 2.05) is 5.32 Å². The number of halogens is 5. The summed E-state index contributed by atoms with van der Waals surface area (Å²) in [5.41, 5.74) is 0.0260. The van der Waals surface area contributed by atoms with Gasteiger partial charge in [-0.05, 0) is 17.7 Å². The first-order chi connectivity index (χ1) is 7.90. The molecule has 8 heteroatoms. The normalized spacial score (nSPS) is 21.6. The highest BCUT2D eigenvalue weighted by molar-refractivity contribution is 6.30. The molecule has 1 aromatic carbocycles. The monoisotopic (exact) mass is 301 g/mol. The van der Waals surface area contributed by atoms with Crippen molar-refractivity contribution in [3.63, 3.8) is 0 Å². The minimum Gasteiger partial charge on any atom is -0.443 e. The van der Waals surface area contributed by atoms with Gasteiger partial charge in [0.05, 0.1) is 5.02 Å². The van der Waals surface area contributed by atoms with Crippen LogP contribution in [0.5, 0.6) is 0 Å². The zero-order chi connectivity index (χ0) is 12.6. The van der Waals surface area contributed by atoms with Crippen LogP contribution in [0.25, 0.3) is 0 Å². The van der Waals surface area contributed by atoms with Crippen LogP contribution in [0.1, 0.15) is 11.6 Å². The SMILES string of the molecule is Cl.O=C1N[C@@H](c2ccc(F)c(Cl)c2)C(F)(F)CO1. The fourth-order valence-electron chi connectivity index (χ4n) is 1.53. The number of benzene rings is 1. The van der Waals surface area contributed by atoms with Crippen LogP contribution in [0.2, 0.25) is 5.02 Å². The number of hydrogen-bond donors (Lipinski definition) is 1. The molecule has 2 rings (SSSR count). The second-order valence-electron chi connectivity index (χ2n) is 3.59. The predicted octanol–water partition coefficient (Wildman–Crippen LogP) is 3.32. The van der Waals surface area contributed by atoms with Gasteiger partial charge in [-0.1, -0.05) is 17.7 Å². The Bertz CT molecular complexity index is 470. The molecule has 3 nitrogen and oxygen atoms in total. The van der Waals surface area contributed by atoms with Crippen molar-refractivity contribution in [1.29, 1.82) is 0 Å². The number of alkyl halides is 2. The van der Waals surface area contributed by atoms with E-state index in [-0.39, 0.29) is 23.0 Å². The number of amides is 1. The number of ether oxygens (including phenoxy) is 1. The van der Waals surface area contributed by atoms with Crippen molar-refractivity contribution in [3.05, 3.63) is 34.6 Å². The van der Waals surface area contributed by atoms with E-state index in [9.17, 15) is 18.0 Å². The molecule has 0 radical (unpaired) electrons. The molecule has 1 amide bonds. The Kier molecular flexibility index (Phi) is 4.34. The van der Waals surface area contributed by atoms with Crippen LogP contribution in [-0.4, -0.2) is 18.6 Å². The van der Waals surface area contributed by atoms with Crippen molar-refractivity contribution in [2.75, 3.05) is 6.61 Å². The number of carbonyl (C=O) groups excluding carboxylic acids is 1. The van der Waals surface area contributed by atoms with Crippen LogP contribution in [0.4, 0.5) is 18.0 Å². The summed E-state index contributed by atoms with van der Waals surface area (Å²) in [4.78, 5) is 10.9. The lowest BCUT2D eigenvalue weighted by Crippen LogP contribution is -2.49. The molecule has 1 heterocycles. The Morgan fingerprint density at radius 1 is 1.44 bits per heavy atom. The van der Waals surface area contributed by atoms with Crippen molar-refractivity contribution in [3.8, 4) is 0 Å². The number of cyclic esters (lactones) is 1. The van der Waals surface area contributed by atoms with Gasteiger partial charge in [0.25, 0.3) is 0 Å². The quantitative estimate of drug-likeness (QED) is 0.864. The highest BCUT2D eigenvalue weighted by Crippen LogP contribution is 2.35. The van der Waals surface area contributed by atoms with Gasteiger partial charge in [0.2, 0.25) is 0 Å². The highest BCUT2D eigenvalue weighted by Gasteiger charge is 2.46. The van der Waals surface area contributed by atoms with E-state index in [2.05, 4.69) is 4.74 Å². The molecule has 0 bridgehead atoms. The molecule has 0 aliphatic carbocycles. The van der Waals surface area contributed by atoms with Gasteiger partial charge in [-0.25, -0.2) is 18.0 Å². The van der Waals surface area contributed by atoms with Crippen LogP contribution in [0.15, 0.2) is 18.2 Å². The number of rotatable bonds is 1. The third-order valence-corrected chi connectivity index (χ3v) is 2.65. The molecule has 1 fully saturated rings. The molecular weight excluding hydrogens is 294 g/mol. The molecule has 1 N–H and O–H groups in total. The lowest BCUT2D eigenvalue weighted by atomic mass is 10.0. The first kappa shape index (κ1) is 14.9. The minimum absolute atomic E-state index is 0. The standard InChI is InChI=1S/C10H7ClF3NO2.ClH/c11-6-3-5(1-2-7(6)12)8-10(13,14)4-17-9(16)15-8;/h1-3,8H,4H2,(H,15,16);1H/t8-;/m0./s1. The second kappa shape index (κ2) is 5.24. The smallest absolute Gasteiger partial charge is 0.408 e. The van der Waals surface area contributed by atoms with Gasteiger partial charge in [-0.3, -0.25) is 0 Å². The average molecular weight is 302 g/mol. The first-order valence-corrected chi connectivity index (χ1v) is 5.04. The zero-order valence-electron chi connectivity index (χ0n) is 8.75. The van der Waals surface area contributed by atoms with Gasteiger partial charge in [0.15, 0.2) is 6.61 Å². The van der Waals surface area contributed by atoms with Crippen molar-refractivity contribution in [2.45, 2.75) is 12.0 Å². The second-order valence-corrected chi connectivity index (χ2v) is 4.00. The van der Waals surface area contributed by atoms with Crippen LogP contribution >= 0.6 is 24.0 Å². The molecule has 0 aromatic heterocycles. The molecule has 1 aliphatic heterocycles. The molecule has 0 unspecified atom stereocenters. The van der Waals surface area contributed by atoms with E-state index in [1.54, 1.807) is 0 Å². The summed E-state index contributed by atoms with van der Waals surface area (Å²) >= 11 is 5.50. The molecule has 0 saturated carbocycles. The van der Waals surface area contributed by atoms with Gasteiger partial charge >= 0.3 is 12.0 Å². The Hall–Kier alpha value is -1.14. The molecule has 18 heavy (non-hydrogen) atoms. The van der Waals surface area contributed by atoms with Gasteiger partial charge < -0.3 is 10.1 Å². The Morgan fingerprint density at radius 3 is 2.72 bits per heavy atom. The van der Waals surface area contributed by atoms with E-state index in [1.165, 1.54) is 0 Å². The Labute approximate surface area is 112 Å². The number of hydrogen-bond acceptors (Lipinski definition) is 2. The molecule has 1 aliphatic rings. The number of alkyl carbamates (subject to hydrolysis) is 1. The fourth-order valence-corrected chi connectivity index (χ4v) is 1.72. The maximum atomic E-state index is 13.5. The van der Waals surface area contributed by atoms with Gasteiger partial charge in [0.1, 0.15) is 11.9 Å². The number of nitrogens with one attached hydrogen (secondary N) is 1. The molecule has 0 spiro atoms. The molecule has 1 saturated heterocycles. The first-order valence-electron chi connectivity index (χ1n) is 4.66. The van der Waals surface area contributed by atoms with E-state index in [4.69, 9.17) is 11.6 Å². The molecule has 100 valence electrons. The summed E-state index contributed by atoms with van der Waals surface area (Å²) in [6, 6.07) is 1.60. The minimum atomic E-state index is -3.27. The maximum Gasteiger partial charge on any atom is 0.408 e. The Balaban J connectivity index is 0.00000162. The van der Waals surface area contributed by atoms with E-state index in [0.29, 0.717) is 0 Å². The van der Waals surface area contributed by atoms with Gasteiger partial charge in [0, 0.05) is 0 Å². The van der Waals surface area contributed by atoms with Crippen LogP contribution in [0.3, 0.4) is 0 Å². The van der Waals surface area contributed by atoms with Crippen molar-refractivity contribution in [2.24, 2.45) is 0 Å². The van der Waals surface area contributed by atoms with E-state index >= 15 is 0 Å². The van der Waals surface area contributed by atoms with Gasteiger partial charge in [-0.15, -0.1) is 12.4 Å². The summed E-state index contributed by atoms with van der Waals surface area (Å²) in [7, 11) is 0. The van der Waals surface area contributed by atoms with Gasteiger partial charge in [-0.2, -0.15) is 0 Å². The summed E-state index contributed by atoms with van der Waals surface area (Å²) < 4.78 is 44.1. The lowest BCUT2D eigenvalue weighted by molar-refractivity contribution is -0.104. The maximum absolute atomic E-state index is 13.5. The number of carbonyl (C=O) groups is 1. The lowest BCUT2D eigenvalue weighted by Gasteiger charge is -2.31. The largest absolute Gasteiger partial charge is 0.443 e. The Morgan fingerprint density at radius 2 is 2.11 bits per heavy atom. The summed E-state index contributed by atoms with van der Waals surface area (Å²) in [6.07, 6.45) is -0.943. The molecule has 1 atom stereocenters. The molecular formula is C10H8Cl2F3NO2. The predicted molar refractivity (Wildman–Crippen MR) is 60.8 cm³/mol. The zero-order valence-corrected chi connectivity index (χ0v) is 10.3. The summed E-state index contributed by atoms with van der Waals surface area (Å²) in [6.45, 7) is -1.02. The molecule has 1 aromatic rings. The summed E-state index contributed by atoms with van der Waals surface area (Å²) in [5, 5.41) is 1.70. The van der Waals surface area contributed by atoms with Crippen molar-refractivity contribution >= 4 is 30.1 Å². The van der Waals surface area contributed by atoms with Crippen molar-refractivity contribution < 1.29 is 22.7 Å². The highest BCUT2D eigenvalue weighted by atomic mass is 35.5.